The minimum atomic E-state index is -0.0203. The Bertz CT molecular complexity index is 1320. The summed E-state index contributed by atoms with van der Waals surface area (Å²) in [5, 5.41) is 8.75. The summed E-state index contributed by atoms with van der Waals surface area (Å²) in [4.78, 5) is 15.5. The van der Waals surface area contributed by atoms with Crippen molar-refractivity contribution in [3.8, 4) is 5.75 Å². The van der Waals surface area contributed by atoms with Crippen LogP contribution in [0, 0.1) is 12.8 Å². The Hall–Kier alpha value is -3.64. The molecule has 0 saturated carbocycles. The number of ether oxygens (including phenoxy) is 1. The van der Waals surface area contributed by atoms with E-state index < -0.39 is 0 Å². The number of aryl methyl sites for hydroxylation is 1. The van der Waals surface area contributed by atoms with Crippen LogP contribution in [0.25, 0.3) is 10.9 Å². The summed E-state index contributed by atoms with van der Waals surface area (Å²) in [6, 6.07) is 22.6. The van der Waals surface area contributed by atoms with E-state index in [0.717, 1.165) is 61.2 Å². The zero-order valence-electron chi connectivity index (χ0n) is 21.1. The molecule has 4 aromatic rings. The number of methoxy groups -OCH3 is 1. The van der Waals surface area contributed by atoms with E-state index in [0.29, 0.717) is 18.0 Å². The highest BCUT2D eigenvalue weighted by atomic mass is 16.5. The van der Waals surface area contributed by atoms with Crippen LogP contribution in [-0.4, -0.2) is 47.3 Å². The second-order valence-corrected chi connectivity index (χ2v) is 9.84. The maximum absolute atomic E-state index is 13.0. The highest BCUT2D eigenvalue weighted by Crippen LogP contribution is 2.21. The zero-order chi connectivity index (χ0) is 24.9. The van der Waals surface area contributed by atoms with Gasteiger partial charge >= 0.3 is 0 Å². The van der Waals surface area contributed by atoms with Crippen LogP contribution < -0.4 is 10.1 Å². The molecule has 1 aromatic heterocycles. The number of fused-ring (bicyclic) bond motifs is 1. The Morgan fingerprint density at radius 2 is 1.81 bits per heavy atom. The van der Waals surface area contributed by atoms with Gasteiger partial charge in [0.2, 0.25) is 0 Å². The molecule has 1 N–H and O–H groups in total. The lowest BCUT2D eigenvalue weighted by Gasteiger charge is -2.32. The highest BCUT2D eigenvalue weighted by molar-refractivity contribution is 5.97. The van der Waals surface area contributed by atoms with Gasteiger partial charge in [0.05, 0.1) is 25.4 Å². The Labute approximate surface area is 212 Å². The van der Waals surface area contributed by atoms with Crippen molar-refractivity contribution < 1.29 is 9.53 Å². The van der Waals surface area contributed by atoms with Crippen molar-refractivity contribution >= 4 is 16.8 Å². The van der Waals surface area contributed by atoms with E-state index in [4.69, 9.17) is 4.74 Å². The van der Waals surface area contributed by atoms with Crippen molar-refractivity contribution in [2.75, 3.05) is 26.7 Å². The molecule has 1 aliphatic heterocycles. The molecular weight excluding hydrogens is 448 g/mol. The summed E-state index contributed by atoms with van der Waals surface area (Å²) in [5.74, 6) is 1.32. The Morgan fingerprint density at radius 3 is 2.58 bits per heavy atom. The molecule has 36 heavy (non-hydrogen) atoms. The molecule has 1 amide bonds. The Kier molecular flexibility index (Phi) is 7.33. The van der Waals surface area contributed by atoms with Gasteiger partial charge in [-0.2, -0.15) is 5.10 Å². The molecule has 0 spiro atoms. The van der Waals surface area contributed by atoms with E-state index in [-0.39, 0.29) is 5.91 Å². The first-order valence-electron chi connectivity index (χ1n) is 12.7. The molecule has 0 bridgehead atoms. The largest absolute Gasteiger partial charge is 0.497 e. The molecule has 2 heterocycles. The molecule has 3 aromatic carbocycles. The van der Waals surface area contributed by atoms with Crippen LogP contribution in [0.5, 0.6) is 5.75 Å². The fourth-order valence-electron chi connectivity index (χ4n) is 4.92. The number of rotatable bonds is 8. The number of piperidine rings is 1. The fourth-order valence-corrected chi connectivity index (χ4v) is 4.92. The van der Waals surface area contributed by atoms with Crippen molar-refractivity contribution in [1.82, 2.24) is 20.0 Å². The number of nitrogens with one attached hydrogen (secondary N) is 1. The second kappa shape index (κ2) is 11.0. The maximum atomic E-state index is 13.0. The summed E-state index contributed by atoms with van der Waals surface area (Å²) < 4.78 is 7.28. The van der Waals surface area contributed by atoms with Crippen LogP contribution in [0.4, 0.5) is 0 Å². The highest BCUT2D eigenvalue weighted by Gasteiger charge is 2.20. The van der Waals surface area contributed by atoms with E-state index in [1.54, 1.807) is 7.11 Å². The van der Waals surface area contributed by atoms with Crippen molar-refractivity contribution in [2.24, 2.45) is 5.92 Å². The van der Waals surface area contributed by atoms with Crippen molar-refractivity contribution in [3.63, 3.8) is 0 Å². The molecule has 1 fully saturated rings. The molecule has 0 unspecified atom stereocenters. The molecule has 6 nitrogen and oxygen atoms in total. The Morgan fingerprint density at radius 1 is 1.00 bits per heavy atom. The van der Waals surface area contributed by atoms with Gasteiger partial charge in [-0.25, -0.2) is 0 Å². The number of carbonyl (C=O) groups is 1. The maximum Gasteiger partial charge on any atom is 0.251 e. The molecule has 186 valence electrons. The van der Waals surface area contributed by atoms with Gasteiger partial charge in [-0.3, -0.25) is 14.4 Å². The number of carbonyl (C=O) groups excluding carboxylic acids is 1. The van der Waals surface area contributed by atoms with Gasteiger partial charge in [0.1, 0.15) is 5.75 Å². The number of hydrogen-bond acceptors (Lipinski definition) is 4. The number of amides is 1. The monoisotopic (exact) mass is 482 g/mol. The summed E-state index contributed by atoms with van der Waals surface area (Å²) in [7, 11) is 1.67. The normalized spacial score (nSPS) is 14.7. The van der Waals surface area contributed by atoms with Gasteiger partial charge in [-0.1, -0.05) is 48.0 Å². The average Bonchev–Trinajstić information content (AvgIpc) is 3.31. The first-order valence-corrected chi connectivity index (χ1v) is 12.7. The van der Waals surface area contributed by atoms with Crippen LogP contribution >= 0.6 is 0 Å². The smallest absolute Gasteiger partial charge is 0.251 e. The standard InChI is InChI=1S/C30H34N4O2/c1-22-6-8-24(9-7-22)20-33-14-12-23(13-15-33)18-31-30(35)26-10-11-27-19-32-34(29(27)17-26)21-25-4-3-5-28(16-25)36-2/h3-11,16-17,19,23H,12-15,18,20-21H2,1-2H3,(H,31,35). The lowest BCUT2D eigenvalue weighted by Crippen LogP contribution is -2.38. The summed E-state index contributed by atoms with van der Waals surface area (Å²) >= 11 is 0. The van der Waals surface area contributed by atoms with Crippen LogP contribution in [0.1, 0.15) is 39.9 Å². The van der Waals surface area contributed by atoms with Gasteiger partial charge in [0.15, 0.2) is 0 Å². The van der Waals surface area contributed by atoms with E-state index in [2.05, 4.69) is 52.6 Å². The third-order valence-corrected chi connectivity index (χ3v) is 7.16. The van der Waals surface area contributed by atoms with Crippen molar-refractivity contribution in [3.05, 3.63) is 95.2 Å². The molecule has 0 aliphatic carbocycles. The van der Waals surface area contributed by atoms with Crippen LogP contribution in [0.15, 0.2) is 72.9 Å². The van der Waals surface area contributed by atoms with E-state index in [9.17, 15) is 4.79 Å². The van der Waals surface area contributed by atoms with E-state index >= 15 is 0 Å². The molecular formula is C30H34N4O2. The number of hydrogen-bond donors (Lipinski definition) is 1. The van der Waals surface area contributed by atoms with E-state index in [1.165, 1.54) is 11.1 Å². The molecule has 6 heteroatoms. The van der Waals surface area contributed by atoms with Crippen molar-refractivity contribution in [2.45, 2.75) is 32.9 Å². The third kappa shape index (κ3) is 5.77. The predicted molar refractivity (Wildman–Crippen MR) is 143 cm³/mol. The minimum Gasteiger partial charge on any atom is -0.497 e. The third-order valence-electron chi connectivity index (χ3n) is 7.16. The Balaban J connectivity index is 1.16. The molecule has 1 aliphatic rings. The van der Waals surface area contributed by atoms with Crippen LogP contribution in [0.2, 0.25) is 0 Å². The second-order valence-electron chi connectivity index (χ2n) is 9.84. The molecule has 5 rings (SSSR count). The first-order chi connectivity index (χ1) is 17.6. The number of aromatic nitrogens is 2. The van der Waals surface area contributed by atoms with Crippen molar-refractivity contribution in [1.29, 1.82) is 0 Å². The zero-order valence-corrected chi connectivity index (χ0v) is 21.1. The molecule has 0 atom stereocenters. The predicted octanol–water partition coefficient (Wildman–Crippen LogP) is 5.04. The molecule has 1 saturated heterocycles. The average molecular weight is 483 g/mol. The topological polar surface area (TPSA) is 59.4 Å². The van der Waals surface area contributed by atoms with Gasteiger partial charge in [-0.15, -0.1) is 0 Å². The minimum absolute atomic E-state index is 0.0203. The van der Waals surface area contributed by atoms with Gasteiger partial charge in [0.25, 0.3) is 5.91 Å². The fraction of sp³-hybridized carbons (Fsp3) is 0.333. The first kappa shape index (κ1) is 24.1. The number of likely N-dealkylation sites (tertiary alicyclic amines) is 1. The van der Waals surface area contributed by atoms with Crippen LogP contribution in [0.3, 0.4) is 0 Å². The number of benzene rings is 3. The number of nitrogens with zero attached hydrogens (tertiary/aromatic N) is 3. The molecule has 0 radical (unpaired) electrons. The summed E-state index contributed by atoms with van der Waals surface area (Å²) in [5.41, 5.74) is 5.39. The lowest BCUT2D eigenvalue weighted by atomic mass is 9.96. The summed E-state index contributed by atoms with van der Waals surface area (Å²) in [6.45, 7) is 6.61. The van der Waals surface area contributed by atoms with Gasteiger partial charge in [0, 0.05) is 24.0 Å². The SMILES string of the molecule is COc1cccc(Cn2ncc3ccc(C(=O)NCC4CCN(Cc5ccc(C)cc5)CC4)cc32)c1. The summed E-state index contributed by atoms with van der Waals surface area (Å²) in [6.07, 6.45) is 4.07. The lowest BCUT2D eigenvalue weighted by molar-refractivity contribution is 0.0935. The quantitative estimate of drug-likeness (QED) is 0.382. The van der Waals surface area contributed by atoms with Crippen LogP contribution in [-0.2, 0) is 13.1 Å². The van der Waals surface area contributed by atoms with Gasteiger partial charge in [-0.05, 0) is 74.2 Å². The van der Waals surface area contributed by atoms with Gasteiger partial charge < -0.3 is 10.1 Å². The van der Waals surface area contributed by atoms with E-state index in [1.807, 2.05) is 47.3 Å².